The summed E-state index contributed by atoms with van der Waals surface area (Å²) in [4.78, 5) is 6.68. The molecule has 0 amide bonds. The predicted molar refractivity (Wildman–Crippen MR) is 99.5 cm³/mol. The van der Waals surface area contributed by atoms with Gasteiger partial charge >= 0.3 is 6.18 Å². The van der Waals surface area contributed by atoms with Gasteiger partial charge in [-0.1, -0.05) is 18.2 Å². The fourth-order valence-electron chi connectivity index (χ4n) is 3.91. The van der Waals surface area contributed by atoms with Crippen LogP contribution >= 0.6 is 0 Å². The molecule has 2 aromatic rings. The summed E-state index contributed by atoms with van der Waals surface area (Å²) in [5, 5.41) is 3.67. The van der Waals surface area contributed by atoms with Crippen molar-refractivity contribution in [2.75, 3.05) is 18.0 Å². The zero-order chi connectivity index (χ0) is 18.9. The van der Waals surface area contributed by atoms with Crippen LogP contribution in [0.25, 0.3) is 0 Å². The third kappa shape index (κ3) is 4.43. The average Bonchev–Trinajstić information content (AvgIpc) is 3.52. The number of anilines is 1. The van der Waals surface area contributed by atoms with E-state index >= 15 is 0 Å². The van der Waals surface area contributed by atoms with Gasteiger partial charge in [-0.2, -0.15) is 13.2 Å². The van der Waals surface area contributed by atoms with Gasteiger partial charge in [0, 0.05) is 31.4 Å². The largest absolute Gasteiger partial charge is 0.416 e. The third-order valence-corrected chi connectivity index (χ3v) is 5.55. The normalized spacial score (nSPS) is 19.9. The molecule has 0 spiro atoms. The summed E-state index contributed by atoms with van der Waals surface area (Å²) in [6.07, 6.45) is 1.62. The molecule has 3 nitrogen and oxygen atoms in total. The van der Waals surface area contributed by atoms with Crippen LogP contribution in [0.1, 0.15) is 42.9 Å². The van der Waals surface area contributed by atoms with Crippen LogP contribution < -0.4 is 10.2 Å². The van der Waals surface area contributed by atoms with Gasteiger partial charge in [-0.25, -0.2) is 4.98 Å². The van der Waals surface area contributed by atoms with Gasteiger partial charge in [0.25, 0.3) is 0 Å². The van der Waals surface area contributed by atoms with E-state index in [1.165, 1.54) is 12.1 Å². The van der Waals surface area contributed by atoms with Crippen molar-refractivity contribution in [1.82, 2.24) is 10.3 Å². The lowest BCUT2D eigenvalue weighted by Gasteiger charge is -2.35. The predicted octanol–water partition coefficient (Wildman–Crippen LogP) is 4.81. The molecular formula is C21H24F3N3. The van der Waals surface area contributed by atoms with Crippen LogP contribution in [0, 0.1) is 5.92 Å². The number of aromatic nitrogens is 1. The molecule has 144 valence electrons. The summed E-state index contributed by atoms with van der Waals surface area (Å²) in [7, 11) is 0. The quantitative estimate of drug-likeness (QED) is 0.813. The van der Waals surface area contributed by atoms with Gasteiger partial charge < -0.3 is 10.2 Å². The zero-order valence-electron chi connectivity index (χ0n) is 15.1. The minimum atomic E-state index is -4.29. The van der Waals surface area contributed by atoms with Crippen LogP contribution in [-0.2, 0) is 6.18 Å². The Morgan fingerprint density at radius 3 is 2.41 bits per heavy atom. The second-order valence-electron chi connectivity index (χ2n) is 7.55. The van der Waals surface area contributed by atoms with Crippen molar-refractivity contribution in [3.05, 3.63) is 59.8 Å². The summed E-state index contributed by atoms with van der Waals surface area (Å²) in [6.45, 7) is 1.82. The molecule has 1 aliphatic heterocycles. The molecule has 2 aliphatic rings. The number of nitrogens with one attached hydrogen (secondary N) is 1. The first-order valence-electron chi connectivity index (χ1n) is 9.60. The first-order chi connectivity index (χ1) is 13.0. The number of rotatable bonds is 5. The van der Waals surface area contributed by atoms with Crippen molar-refractivity contribution in [3.63, 3.8) is 0 Å². The molecule has 0 bridgehead atoms. The Hall–Kier alpha value is -2.08. The van der Waals surface area contributed by atoms with Gasteiger partial charge in [0.15, 0.2) is 0 Å². The molecular weight excluding hydrogens is 351 g/mol. The van der Waals surface area contributed by atoms with Gasteiger partial charge in [0.05, 0.1) is 5.56 Å². The number of pyridine rings is 1. The Balaban J connectivity index is 1.42. The molecule has 1 aromatic carbocycles. The molecule has 0 radical (unpaired) electrons. The molecule has 1 saturated carbocycles. The highest BCUT2D eigenvalue weighted by Gasteiger charge is 2.36. The highest BCUT2D eigenvalue weighted by atomic mass is 19.4. The third-order valence-electron chi connectivity index (χ3n) is 5.55. The molecule has 6 heteroatoms. The Morgan fingerprint density at radius 2 is 1.78 bits per heavy atom. The van der Waals surface area contributed by atoms with Gasteiger partial charge in [-0.05, 0) is 61.4 Å². The number of alkyl halides is 3. The smallest absolute Gasteiger partial charge is 0.357 e. The molecule has 1 N–H and O–H groups in total. The lowest BCUT2D eigenvalue weighted by molar-refractivity contribution is -0.137. The maximum atomic E-state index is 13.1. The van der Waals surface area contributed by atoms with Crippen LogP contribution in [-0.4, -0.2) is 24.1 Å². The summed E-state index contributed by atoms with van der Waals surface area (Å²) >= 11 is 0. The maximum absolute atomic E-state index is 13.1. The second kappa shape index (κ2) is 7.50. The first-order valence-corrected chi connectivity index (χ1v) is 9.60. The van der Waals surface area contributed by atoms with E-state index in [2.05, 4.69) is 15.2 Å². The van der Waals surface area contributed by atoms with E-state index in [9.17, 15) is 13.2 Å². The minimum absolute atomic E-state index is 0.0127. The summed E-state index contributed by atoms with van der Waals surface area (Å²) < 4.78 is 39.2. The van der Waals surface area contributed by atoms with Crippen molar-refractivity contribution in [1.29, 1.82) is 0 Å². The molecule has 27 heavy (non-hydrogen) atoms. The lowest BCUT2D eigenvalue weighted by Crippen LogP contribution is -2.44. The number of hydrogen-bond donors (Lipinski definition) is 1. The number of benzene rings is 1. The van der Waals surface area contributed by atoms with E-state index < -0.39 is 11.7 Å². The fraction of sp³-hybridized carbons (Fsp3) is 0.476. The number of nitrogens with zero attached hydrogens (tertiary/aromatic N) is 2. The number of halogens is 3. The van der Waals surface area contributed by atoms with Crippen molar-refractivity contribution < 1.29 is 13.2 Å². The highest BCUT2D eigenvalue weighted by Crippen LogP contribution is 2.42. The topological polar surface area (TPSA) is 28.2 Å². The standard InChI is InChI=1S/C21H24F3N3/c22-21(23,24)17-5-3-4-16(14-17)20(15-7-8-15)26-18-9-12-27(13-10-18)19-6-1-2-11-25-19/h1-6,11,14-15,18,20,26H,7-10,12-13H2/t20-/m0/s1. The SMILES string of the molecule is FC(F)(F)c1cccc([C@@H](NC2CCN(c3ccccn3)CC2)C2CC2)c1. The molecule has 2 fully saturated rings. The van der Waals surface area contributed by atoms with E-state index in [1.54, 1.807) is 6.20 Å². The molecule has 2 heterocycles. The van der Waals surface area contributed by atoms with Crippen molar-refractivity contribution in [2.24, 2.45) is 5.92 Å². The van der Waals surface area contributed by atoms with Crippen molar-refractivity contribution in [3.8, 4) is 0 Å². The molecule has 1 atom stereocenters. The van der Waals surface area contributed by atoms with Crippen LogP contribution in [0.2, 0.25) is 0 Å². The Bertz CT molecular complexity index is 751. The van der Waals surface area contributed by atoms with Gasteiger partial charge in [-0.15, -0.1) is 0 Å². The van der Waals surface area contributed by atoms with Gasteiger partial charge in [0.1, 0.15) is 5.82 Å². The van der Waals surface area contributed by atoms with E-state index in [0.29, 0.717) is 12.0 Å². The Morgan fingerprint density at radius 1 is 1.00 bits per heavy atom. The summed E-state index contributed by atoms with van der Waals surface area (Å²) in [5.74, 6) is 1.44. The fourth-order valence-corrected chi connectivity index (χ4v) is 3.91. The zero-order valence-corrected chi connectivity index (χ0v) is 15.1. The molecule has 0 unspecified atom stereocenters. The van der Waals surface area contributed by atoms with E-state index in [1.807, 2.05) is 24.3 Å². The van der Waals surface area contributed by atoms with Crippen molar-refractivity contribution in [2.45, 2.75) is 43.9 Å². The number of hydrogen-bond acceptors (Lipinski definition) is 3. The maximum Gasteiger partial charge on any atom is 0.416 e. The summed E-state index contributed by atoms with van der Waals surface area (Å²) in [5.41, 5.74) is 0.205. The van der Waals surface area contributed by atoms with E-state index in [-0.39, 0.29) is 6.04 Å². The molecule has 4 rings (SSSR count). The number of piperidine rings is 1. The van der Waals surface area contributed by atoms with E-state index in [4.69, 9.17) is 0 Å². The van der Waals surface area contributed by atoms with Gasteiger partial charge in [0.2, 0.25) is 0 Å². The highest BCUT2D eigenvalue weighted by molar-refractivity contribution is 5.38. The van der Waals surface area contributed by atoms with Crippen LogP contribution in [0.5, 0.6) is 0 Å². The van der Waals surface area contributed by atoms with Crippen LogP contribution in [0.4, 0.5) is 19.0 Å². The second-order valence-corrected chi connectivity index (χ2v) is 7.55. The van der Waals surface area contributed by atoms with Crippen molar-refractivity contribution >= 4 is 5.82 Å². The lowest BCUT2D eigenvalue weighted by atomic mass is 9.96. The monoisotopic (exact) mass is 375 g/mol. The Labute approximate surface area is 157 Å². The molecule has 1 saturated heterocycles. The van der Waals surface area contributed by atoms with Crippen LogP contribution in [0.15, 0.2) is 48.7 Å². The van der Waals surface area contributed by atoms with Gasteiger partial charge in [-0.3, -0.25) is 0 Å². The first kappa shape index (κ1) is 18.3. The van der Waals surface area contributed by atoms with E-state index in [0.717, 1.165) is 56.2 Å². The van der Waals surface area contributed by atoms with Crippen LogP contribution in [0.3, 0.4) is 0 Å². The summed E-state index contributed by atoms with van der Waals surface area (Å²) in [6, 6.07) is 12.1. The average molecular weight is 375 g/mol. The Kier molecular flexibility index (Phi) is 5.08. The molecule has 1 aliphatic carbocycles. The minimum Gasteiger partial charge on any atom is -0.357 e. The molecule has 1 aromatic heterocycles.